The third-order valence-corrected chi connectivity index (χ3v) is 3.75. The van der Waals surface area contributed by atoms with Crippen LogP contribution >= 0.6 is 0 Å². The highest BCUT2D eigenvalue weighted by atomic mass is 16.2. The molecule has 0 atom stereocenters. The number of hydrogen-bond acceptors (Lipinski definition) is 4. The zero-order valence-corrected chi connectivity index (χ0v) is 13.4. The molecule has 2 rings (SSSR count). The monoisotopic (exact) mass is 290 g/mol. The summed E-state index contributed by atoms with van der Waals surface area (Å²) in [5, 5.41) is 0. The summed E-state index contributed by atoms with van der Waals surface area (Å²) < 4.78 is 0. The Hall–Kier alpha value is -1.65. The Kier molecular flexibility index (Phi) is 5.53. The van der Waals surface area contributed by atoms with Gasteiger partial charge < -0.3 is 9.80 Å². The topological polar surface area (TPSA) is 49.3 Å². The number of anilines is 1. The van der Waals surface area contributed by atoms with Crippen molar-refractivity contribution >= 4 is 11.7 Å². The van der Waals surface area contributed by atoms with Crippen molar-refractivity contribution in [1.29, 1.82) is 0 Å². The number of likely N-dealkylation sites (tertiary alicyclic amines) is 1. The predicted molar refractivity (Wildman–Crippen MR) is 84.7 cm³/mol. The largest absolute Gasteiger partial charge is 0.357 e. The van der Waals surface area contributed by atoms with Crippen molar-refractivity contribution < 1.29 is 4.79 Å². The molecule has 21 heavy (non-hydrogen) atoms. The van der Waals surface area contributed by atoms with Crippen molar-refractivity contribution in [3.8, 4) is 0 Å². The van der Waals surface area contributed by atoms with Gasteiger partial charge in [0, 0.05) is 32.2 Å². The summed E-state index contributed by atoms with van der Waals surface area (Å²) in [6.45, 7) is 9.80. The summed E-state index contributed by atoms with van der Waals surface area (Å²) in [4.78, 5) is 25.5. The molecule has 0 saturated carbocycles. The minimum absolute atomic E-state index is 0.0483. The molecule has 1 fully saturated rings. The van der Waals surface area contributed by atoms with Crippen LogP contribution in [0, 0.1) is 6.92 Å². The van der Waals surface area contributed by atoms with Gasteiger partial charge >= 0.3 is 0 Å². The summed E-state index contributed by atoms with van der Waals surface area (Å²) in [6.07, 6.45) is 4.33. The highest BCUT2D eigenvalue weighted by molar-refractivity contribution is 5.93. The first-order valence-electron chi connectivity index (χ1n) is 8.05. The number of carbonyl (C=O) groups is 1. The lowest BCUT2D eigenvalue weighted by molar-refractivity contribution is 0.0786. The fourth-order valence-electron chi connectivity index (χ4n) is 2.79. The number of hydrogen-bond donors (Lipinski definition) is 0. The second-order valence-corrected chi connectivity index (χ2v) is 5.64. The fourth-order valence-corrected chi connectivity index (χ4v) is 2.79. The van der Waals surface area contributed by atoms with Crippen LogP contribution in [0.15, 0.2) is 6.07 Å². The van der Waals surface area contributed by atoms with E-state index in [1.165, 1.54) is 0 Å². The van der Waals surface area contributed by atoms with Crippen LogP contribution < -0.4 is 4.90 Å². The number of rotatable bonds is 6. The van der Waals surface area contributed by atoms with Gasteiger partial charge in [0.05, 0.1) is 0 Å². The van der Waals surface area contributed by atoms with Crippen molar-refractivity contribution in [1.82, 2.24) is 14.9 Å². The summed E-state index contributed by atoms with van der Waals surface area (Å²) >= 11 is 0. The molecule has 0 spiro atoms. The summed E-state index contributed by atoms with van der Waals surface area (Å²) in [5.74, 6) is 1.60. The Morgan fingerprint density at radius 1 is 1.19 bits per heavy atom. The normalized spacial score (nSPS) is 14.5. The van der Waals surface area contributed by atoms with E-state index in [4.69, 9.17) is 0 Å². The van der Waals surface area contributed by atoms with Crippen LogP contribution in [-0.4, -0.2) is 47.0 Å². The van der Waals surface area contributed by atoms with Gasteiger partial charge in [-0.2, -0.15) is 0 Å². The van der Waals surface area contributed by atoms with E-state index >= 15 is 0 Å². The molecule has 1 aliphatic rings. The van der Waals surface area contributed by atoms with Crippen LogP contribution in [0.5, 0.6) is 0 Å². The molecule has 0 bridgehead atoms. The summed E-state index contributed by atoms with van der Waals surface area (Å²) in [7, 11) is 0. The molecule has 1 aromatic heterocycles. The Bertz CT molecular complexity index is 477. The summed E-state index contributed by atoms with van der Waals surface area (Å²) in [6, 6.07) is 1.86. The minimum Gasteiger partial charge on any atom is -0.357 e. The van der Waals surface area contributed by atoms with Crippen molar-refractivity contribution in [3.05, 3.63) is 17.6 Å². The van der Waals surface area contributed by atoms with E-state index < -0.39 is 0 Å². The van der Waals surface area contributed by atoms with Gasteiger partial charge in [-0.15, -0.1) is 0 Å². The average molecular weight is 290 g/mol. The van der Waals surface area contributed by atoms with Gasteiger partial charge in [0.2, 0.25) is 0 Å². The first kappa shape index (κ1) is 15.7. The average Bonchev–Trinajstić information content (AvgIpc) is 2.99. The van der Waals surface area contributed by atoms with E-state index in [1.807, 2.05) is 17.9 Å². The standard InChI is InChI=1S/C16H26N4O/c1-4-8-19(9-5-2)15-12-14(17-13(3)18-15)16(21)20-10-6-7-11-20/h12H,4-11H2,1-3H3. The van der Waals surface area contributed by atoms with Gasteiger partial charge in [0.1, 0.15) is 17.3 Å². The van der Waals surface area contributed by atoms with Gasteiger partial charge in [-0.1, -0.05) is 13.8 Å². The van der Waals surface area contributed by atoms with Crippen LogP contribution in [0.2, 0.25) is 0 Å². The van der Waals surface area contributed by atoms with Gasteiger partial charge in [0.25, 0.3) is 5.91 Å². The van der Waals surface area contributed by atoms with Crippen molar-refractivity contribution in [2.75, 3.05) is 31.1 Å². The van der Waals surface area contributed by atoms with Crippen molar-refractivity contribution in [3.63, 3.8) is 0 Å². The molecular formula is C16H26N4O. The number of nitrogens with zero attached hydrogens (tertiary/aromatic N) is 4. The molecular weight excluding hydrogens is 264 g/mol. The second kappa shape index (κ2) is 7.38. The highest BCUT2D eigenvalue weighted by Gasteiger charge is 2.22. The van der Waals surface area contributed by atoms with Crippen molar-refractivity contribution in [2.24, 2.45) is 0 Å². The Labute approximate surface area is 127 Å². The maximum atomic E-state index is 12.5. The third-order valence-electron chi connectivity index (χ3n) is 3.75. The molecule has 116 valence electrons. The van der Waals surface area contributed by atoms with Crippen LogP contribution in [0.4, 0.5) is 5.82 Å². The molecule has 0 N–H and O–H groups in total. The van der Waals surface area contributed by atoms with E-state index in [1.54, 1.807) is 0 Å². The lowest BCUT2D eigenvalue weighted by Crippen LogP contribution is -2.30. The first-order chi connectivity index (χ1) is 10.2. The molecule has 5 heteroatoms. The van der Waals surface area contributed by atoms with Gasteiger partial charge in [-0.25, -0.2) is 9.97 Å². The van der Waals surface area contributed by atoms with Crippen LogP contribution in [0.1, 0.15) is 55.8 Å². The molecule has 0 aliphatic carbocycles. The Balaban J connectivity index is 2.24. The molecule has 1 aliphatic heterocycles. The zero-order valence-electron chi connectivity index (χ0n) is 13.4. The lowest BCUT2D eigenvalue weighted by atomic mass is 10.3. The van der Waals surface area contributed by atoms with Crippen LogP contribution in [-0.2, 0) is 0 Å². The molecule has 1 amide bonds. The second-order valence-electron chi connectivity index (χ2n) is 5.64. The van der Waals surface area contributed by atoms with Gasteiger partial charge in [-0.05, 0) is 32.6 Å². The van der Waals surface area contributed by atoms with Crippen LogP contribution in [0.25, 0.3) is 0 Å². The maximum Gasteiger partial charge on any atom is 0.272 e. The Morgan fingerprint density at radius 3 is 2.38 bits per heavy atom. The molecule has 0 radical (unpaired) electrons. The van der Waals surface area contributed by atoms with Crippen LogP contribution in [0.3, 0.4) is 0 Å². The minimum atomic E-state index is 0.0483. The Morgan fingerprint density at radius 2 is 1.81 bits per heavy atom. The number of aryl methyl sites for hydroxylation is 1. The first-order valence-corrected chi connectivity index (χ1v) is 8.05. The zero-order chi connectivity index (χ0) is 15.2. The SMILES string of the molecule is CCCN(CCC)c1cc(C(=O)N2CCCC2)nc(C)n1. The van der Waals surface area contributed by atoms with Gasteiger partial charge in [-0.3, -0.25) is 4.79 Å². The van der Waals surface area contributed by atoms with Crippen molar-refractivity contribution in [2.45, 2.75) is 46.5 Å². The molecule has 2 heterocycles. The van der Waals surface area contributed by atoms with E-state index in [0.717, 1.165) is 57.7 Å². The molecule has 5 nitrogen and oxygen atoms in total. The van der Waals surface area contributed by atoms with Gasteiger partial charge in [0.15, 0.2) is 0 Å². The molecule has 0 unspecified atom stereocenters. The number of aromatic nitrogens is 2. The highest BCUT2D eigenvalue weighted by Crippen LogP contribution is 2.17. The number of carbonyl (C=O) groups excluding carboxylic acids is 1. The quantitative estimate of drug-likeness (QED) is 0.808. The fraction of sp³-hybridized carbons (Fsp3) is 0.688. The van der Waals surface area contributed by atoms with E-state index in [-0.39, 0.29) is 5.91 Å². The predicted octanol–water partition coefficient (Wildman–Crippen LogP) is 2.65. The maximum absolute atomic E-state index is 12.5. The smallest absolute Gasteiger partial charge is 0.272 e. The molecule has 1 saturated heterocycles. The molecule has 0 aromatic carbocycles. The number of amides is 1. The van der Waals surface area contributed by atoms with E-state index in [0.29, 0.717) is 11.5 Å². The van der Waals surface area contributed by atoms with E-state index in [9.17, 15) is 4.79 Å². The van der Waals surface area contributed by atoms with E-state index in [2.05, 4.69) is 28.7 Å². The summed E-state index contributed by atoms with van der Waals surface area (Å²) in [5.41, 5.74) is 0.539. The third kappa shape index (κ3) is 3.93. The molecule has 1 aromatic rings. The lowest BCUT2D eigenvalue weighted by Gasteiger charge is -2.23.